The standard InChI is InChI=1S/C32H34N2O3S/c1-6-19-11-13-20(14-12-19)26-18-24(22-9-7-8-10-25(22)33-26)29(35)34-30-28(31(36)37-5)23-16-15-21(32(2,3)4)17-27(23)38-30/h7-14,18,21H,6,15-17H2,1-5H3,(H,34,35). The lowest BCUT2D eigenvalue weighted by atomic mass is 9.72. The molecule has 5 nitrogen and oxygen atoms in total. The van der Waals surface area contributed by atoms with E-state index in [-0.39, 0.29) is 11.3 Å². The van der Waals surface area contributed by atoms with Gasteiger partial charge in [-0.05, 0) is 60.3 Å². The number of hydrogen-bond donors (Lipinski definition) is 1. The van der Waals surface area contributed by atoms with Gasteiger partial charge in [-0.1, -0.05) is 70.2 Å². The van der Waals surface area contributed by atoms with E-state index in [9.17, 15) is 9.59 Å². The van der Waals surface area contributed by atoms with Gasteiger partial charge in [-0.2, -0.15) is 0 Å². The molecule has 2 aromatic carbocycles. The fourth-order valence-corrected chi connectivity index (χ4v) is 6.63. The second-order valence-corrected chi connectivity index (χ2v) is 12.2. The van der Waals surface area contributed by atoms with Crippen LogP contribution in [0.2, 0.25) is 0 Å². The first-order chi connectivity index (χ1) is 18.2. The minimum atomic E-state index is -0.400. The Bertz CT molecular complexity index is 1510. The number of esters is 1. The van der Waals surface area contributed by atoms with Crippen molar-refractivity contribution in [3.8, 4) is 11.3 Å². The molecule has 6 heteroatoms. The molecular weight excluding hydrogens is 492 g/mol. The van der Waals surface area contributed by atoms with E-state index >= 15 is 0 Å². The van der Waals surface area contributed by atoms with Gasteiger partial charge in [-0.25, -0.2) is 9.78 Å². The molecule has 2 aromatic heterocycles. The van der Waals surface area contributed by atoms with Gasteiger partial charge in [-0.3, -0.25) is 4.79 Å². The maximum Gasteiger partial charge on any atom is 0.341 e. The molecule has 0 saturated heterocycles. The monoisotopic (exact) mass is 526 g/mol. The molecule has 1 aliphatic rings. The van der Waals surface area contributed by atoms with E-state index in [4.69, 9.17) is 9.72 Å². The molecule has 0 bridgehead atoms. The highest BCUT2D eigenvalue weighted by molar-refractivity contribution is 7.17. The molecule has 196 valence electrons. The molecule has 2 heterocycles. The van der Waals surface area contributed by atoms with Crippen LogP contribution in [-0.4, -0.2) is 24.0 Å². The fourth-order valence-electron chi connectivity index (χ4n) is 5.32. The van der Waals surface area contributed by atoms with E-state index in [0.717, 1.165) is 53.4 Å². The molecule has 4 aromatic rings. The van der Waals surface area contributed by atoms with Crippen LogP contribution in [0.3, 0.4) is 0 Å². The van der Waals surface area contributed by atoms with Gasteiger partial charge < -0.3 is 10.1 Å². The number of amides is 1. The molecule has 0 fully saturated rings. The smallest absolute Gasteiger partial charge is 0.341 e. The first kappa shape index (κ1) is 26.1. The van der Waals surface area contributed by atoms with Gasteiger partial charge in [0.2, 0.25) is 0 Å². The number of aromatic nitrogens is 1. The van der Waals surface area contributed by atoms with Crippen molar-refractivity contribution in [2.24, 2.45) is 11.3 Å². The number of para-hydroxylation sites is 1. The molecule has 1 aliphatic carbocycles. The summed E-state index contributed by atoms with van der Waals surface area (Å²) in [7, 11) is 1.39. The topological polar surface area (TPSA) is 68.3 Å². The van der Waals surface area contributed by atoms with Gasteiger partial charge in [0.1, 0.15) is 5.00 Å². The molecule has 0 saturated carbocycles. The highest BCUT2D eigenvalue weighted by Crippen LogP contribution is 2.44. The maximum atomic E-state index is 13.8. The molecule has 5 rings (SSSR count). The number of anilines is 1. The van der Waals surface area contributed by atoms with Crippen LogP contribution in [0.1, 0.15) is 70.8 Å². The Morgan fingerprint density at radius 1 is 1.11 bits per heavy atom. The molecule has 0 aliphatic heterocycles. The van der Waals surface area contributed by atoms with Crippen molar-refractivity contribution in [1.29, 1.82) is 0 Å². The van der Waals surface area contributed by atoms with Crippen LogP contribution < -0.4 is 5.32 Å². The van der Waals surface area contributed by atoms with E-state index < -0.39 is 5.97 Å². The fraction of sp³-hybridized carbons (Fsp3) is 0.344. The molecule has 0 radical (unpaired) electrons. The lowest BCUT2D eigenvalue weighted by Gasteiger charge is -2.33. The lowest BCUT2D eigenvalue weighted by Crippen LogP contribution is -2.26. The average Bonchev–Trinajstić information content (AvgIpc) is 3.28. The van der Waals surface area contributed by atoms with Crippen LogP contribution in [0, 0.1) is 11.3 Å². The number of aryl methyl sites for hydroxylation is 1. The SMILES string of the molecule is CCc1ccc(-c2cc(C(=O)Nc3sc4c(c3C(=O)OC)CCC(C(C)(C)C)C4)c3ccccc3n2)cc1. The first-order valence-electron chi connectivity index (χ1n) is 13.2. The highest BCUT2D eigenvalue weighted by atomic mass is 32.1. The Labute approximate surface area is 228 Å². The van der Waals surface area contributed by atoms with Crippen molar-refractivity contribution in [1.82, 2.24) is 4.98 Å². The quantitative estimate of drug-likeness (QED) is 0.270. The Balaban J connectivity index is 1.55. The highest BCUT2D eigenvalue weighted by Gasteiger charge is 2.34. The average molecular weight is 527 g/mol. The number of carbonyl (C=O) groups excluding carboxylic acids is 2. The Kier molecular flexibility index (Phi) is 7.10. The number of thiophene rings is 1. The predicted octanol–water partition coefficient (Wildman–Crippen LogP) is 7.72. The number of nitrogens with zero attached hydrogens (tertiary/aromatic N) is 1. The van der Waals surface area contributed by atoms with Crippen LogP contribution in [0.25, 0.3) is 22.2 Å². The summed E-state index contributed by atoms with van der Waals surface area (Å²) in [5, 5.41) is 4.43. The Hall–Kier alpha value is -3.51. The molecule has 1 amide bonds. The number of carbonyl (C=O) groups is 2. The van der Waals surface area contributed by atoms with Gasteiger partial charge in [0.25, 0.3) is 5.91 Å². The third-order valence-electron chi connectivity index (χ3n) is 7.73. The van der Waals surface area contributed by atoms with Crippen LogP contribution in [0.5, 0.6) is 0 Å². The number of hydrogen-bond acceptors (Lipinski definition) is 5. The number of rotatable bonds is 5. The van der Waals surface area contributed by atoms with Crippen LogP contribution in [0.4, 0.5) is 5.00 Å². The summed E-state index contributed by atoms with van der Waals surface area (Å²) < 4.78 is 5.16. The summed E-state index contributed by atoms with van der Waals surface area (Å²) in [6, 6.07) is 17.8. The summed E-state index contributed by atoms with van der Waals surface area (Å²) >= 11 is 1.51. The van der Waals surface area contributed by atoms with Gasteiger partial charge in [-0.15, -0.1) is 11.3 Å². The van der Waals surface area contributed by atoms with Crippen molar-refractivity contribution >= 4 is 39.1 Å². The lowest BCUT2D eigenvalue weighted by molar-refractivity contribution is 0.0600. The zero-order valence-corrected chi connectivity index (χ0v) is 23.5. The number of methoxy groups -OCH3 is 1. The van der Waals surface area contributed by atoms with Gasteiger partial charge in [0.05, 0.1) is 29.4 Å². The maximum absolute atomic E-state index is 13.8. The molecule has 1 atom stereocenters. The molecule has 38 heavy (non-hydrogen) atoms. The van der Waals surface area contributed by atoms with Gasteiger partial charge >= 0.3 is 5.97 Å². The minimum Gasteiger partial charge on any atom is -0.465 e. The zero-order chi connectivity index (χ0) is 27.0. The zero-order valence-electron chi connectivity index (χ0n) is 22.7. The van der Waals surface area contributed by atoms with Crippen molar-refractivity contribution in [3.63, 3.8) is 0 Å². The number of benzene rings is 2. The van der Waals surface area contributed by atoms with Crippen LogP contribution in [0.15, 0.2) is 54.6 Å². The summed E-state index contributed by atoms with van der Waals surface area (Å²) in [6.45, 7) is 8.92. The Morgan fingerprint density at radius 2 is 1.84 bits per heavy atom. The predicted molar refractivity (Wildman–Crippen MR) is 155 cm³/mol. The van der Waals surface area contributed by atoms with Crippen LogP contribution in [-0.2, 0) is 24.0 Å². The molecule has 1 unspecified atom stereocenters. The molecule has 0 spiro atoms. The number of ether oxygens (including phenoxy) is 1. The first-order valence-corrected chi connectivity index (χ1v) is 14.0. The van der Waals surface area contributed by atoms with E-state index in [1.54, 1.807) is 0 Å². The third kappa shape index (κ3) is 4.97. The number of fused-ring (bicyclic) bond motifs is 2. The van der Waals surface area contributed by atoms with Gasteiger partial charge in [0.15, 0.2) is 0 Å². The van der Waals surface area contributed by atoms with Gasteiger partial charge in [0, 0.05) is 15.8 Å². The third-order valence-corrected chi connectivity index (χ3v) is 8.90. The number of nitrogens with one attached hydrogen (secondary N) is 1. The molecular formula is C32H34N2O3S. The van der Waals surface area contributed by atoms with E-state index in [0.29, 0.717) is 22.0 Å². The summed E-state index contributed by atoms with van der Waals surface area (Å²) in [6.07, 6.45) is 3.69. The van der Waals surface area contributed by atoms with Crippen molar-refractivity contribution in [3.05, 3.63) is 81.7 Å². The van der Waals surface area contributed by atoms with Crippen molar-refractivity contribution in [2.75, 3.05) is 12.4 Å². The van der Waals surface area contributed by atoms with Crippen molar-refractivity contribution < 1.29 is 14.3 Å². The van der Waals surface area contributed by atoms with E-state index in [2.05, 4.69) is 45.1 Å². The van der Waals surface area contributed by atoms with E-state index in [1.807, 2.05) is 42.5 Å². The second kappa shape index (κ2) is 10.3. The van der Waals surface area contributed by atoms with Crippen molar-refractivity contribution in [2.45, 2.75) is 53.4 Å². The summed E-state index contributed by atoms with van der Waals surface area (Å²) in [4.78, 5) is 32.7. The minimum absolute atomic E-state index is 0.179. The Morgan fingerprint density at radius 3 is 2.53 bits per heavy atom. The molecule has 1 N–H and O–H groups in total. The number of pyridine rings is 1. The van der Waals surface area contributed by atoms with E-state index in [1.165, 1.54) is 28.9 Å². The van der Waals surface area contributed by atoms with Crippen LogP contribution >= 0.6 is 11.3 Å². The normalized spacial score (nSPS) is 15.2. The second-order valence-electron chi connectivity index (χ2n) is 11.1. The summed E-state index contributed by atoms with van der Waals surface area (Å²) in [5.74, 6) is -0.136. The summed E-state index contributed by atoms with van der Waals surface area (Å²) in [5.41, 5.74) is 5.92. The largest absolute Gasteiger partial charge is 0.465 e.